The third-order valence-corrected chi connectivity index (χ3v) is 5.28. The van der Waals surface area contributed by atoms with Gasteiger partial charge in [0, 0.05) is 37.0 Å². The van der Waals surface area contributed by atoms with E-state index in [9.17, 15) is 22.8 Å². The highest BCUT2D eigenvalue weighted by Crippen LogP contribution is 2.30. The van der Waals surface area contributed by atoms with Crippen LogP contribution in [0.1, 0.15) is 28.0 Å². The van der Waals surface area contributed by atoms with Crippen molar-refractivity contribution in [3.8, 4) is 0 Å². The van der Waals surface area contributed by atoms with Crippen molar-refractivity contribution in [2.45, 2.75) is 25.6 Å². The van der Waals surface area contributed by atoms with Crippen molar-refractivity contribution < 1.29 is 22.8 Å². The van der Waals surface area contributed by atoms with Crippen molar-refractivity contribution in [2.75, 3.05) is 11.9 Å². The summed E-state index contributed by atoms with van der Waals surface area (Å²) in [6, 6.07) is 14.2. The lowest BCUT2D eigenvalue weighted by Gasteiger charge is -2.08. The molecule has 1 aromatic heterocycles. The fourth-order valence-electron chi connectivity index (χ4n) is 2.82. The summed E-state index contributed by atoms with van der Waals surface area (Å²) in [5, 5.41) is 8.29. The minimum absolute atomic E-state index is 0.0568. The van der Waals surface area contributed by atoms with Crippen LogP contribution in [-0.2, 0) is 23.9 Å². The summed E-state index contributed by atoms with van der Waals surface area (Å²) >= 11 is 1.19. The predicted molar refractivity (Wildman–Crippen MR) is 116 cm³/mol. The monoisotopic (exact) mass is 462 g/mol. The van der Waals surface area contributed by atoms with E-state index in [1.165, 1.54) is 23.6 Å². The van der Waals surface area contributed by atoms with Crippen LogP contribution in [0.3, 0.4) is 0 Å². The van der Waals surface area contributed by atoms with E-state index < -0.39 is 11.7 Å². The predicted octanol–water partition coefficient (Wildman–Crippen LogP) is 4.58. The number of carbonyl (C=O) groups excluding carboxylic acids is 2. The quantitative estimate of drug-likeness (QED) is 0.458. The number of anilines is 1. The number of aromatic nitrogens is 1. The number of nitrogens with zero attached hydrogens (tertiary/aromatic N) is 1. The lowest BCUT2D eigenvalue weighted by atomic mass is 10.1. The van der Waals surface area contributed by atoms with Crippen LogP contribution in [0.25, 0.3) is 0 Å². The van der Waals surface area contributed by atoms with Gasteiger partial charge in [-0.25, -0.2) is 9.78 Å². The van der Waals surface area contributed by atoms with E-state index in [4.69, 9.17) is 0 Å². The van der Waals surface area contributed by atoms with Crippen molar-refractivity contribution in [3.05, 3.63) is 82.4 Å². The number of alkyl halides is 3. The molecule has 0 fully saturated rings. The molecule has 3 rings (SSSR count). The smallest absolute Gasteiger partial charge is 0.338 e. The molecule has 0 saturated carbocycles. The summed E-state index contributed by atoms with van der Waals surface area (Å²) in [7, 11) is 0. The van der Waals surface area contributed by atoms with Crippen LogP contribution in [0.4, 0.5) is 23.1 Å². The van der Waals surface area contributed by atoms with Gasteiger partial charge >= 0.3 is 12.2 Å². The SMILES string of the molecule is O=C(CCNC(=O)NCc1ccccc1)Nc1ncc(Cc2cccc(C(F)(F)F)c2)s1. The third-order valence-electron chi connectivity index (χ3n) is 4.37. The van der Waals surface area contributed by atoms with E-state index in [-0.39, 0.29) is 31.3 Å². The molecule has 3 N–H and O–H groups in total. The van der Waals surface area contributed by atoms with E-state index in [0.29, 0.717) is 17.2 Å². The lowest BCUT2D eigenvalue weighted by Crippen LogP contribution is -2.36. The average Bonchev–Trinajstić information content (AvgIpc) is 3.19. The van der Waals surface area contributed by atoms with Gasteiger partial charge in [-0.1, -0.05) is 48.5 Å². The zero-order valence-corrected chi connectivity index (χ0v) is 17.7. The van der Waals surface area contributed by atoms with E-state index in [2.05, 4.69) is 20.9 Å². The summed E-state index contributed by atoms with van der Waals surface area (Å²) in [6.07, 6.45) is -2.53. The Morgan fingerprint density at radius 3 is 2.47 bits per heavy atom. The molecule has 0 aliphatic carbocycles. The molecule has 3 amide bonds. The Balaban J connectivity index is 1.40. The topological polar surface area (TPSA) is 83.1 Å². The molecule has 0 unspecified atom stereocenters. The second-order valence-electron chi connectivity index (χ2n) is 6.90. The number of urea groups is 1. The molecule has 6 nitrogen and oxygen atoms in total. The summed E-state index contributed by atoms with van der Waals surface area (Å²) in [5.74, 6) is -0.326. The van der Waals surface area contributed by atoms with E-state index in [1.807, 2.05) is 30.3 Å². The number of halogens is 3. The number of hydrogen-bond acceptors (Lipinski definition) is 4. The molecule has 168 valence electrons. The van der Waals surface area contributed by atoms with Gasteiger partial charge in [0.05, 0.1) is 5.56 Å². The second kappa shape index (κ2) is 10.8. The maximum absolute atomic E-state index is 12.8. The average molecular weight is 462 g/mol. The molecule has 32 heavy (non-hydrogen) atoms. The number of rotatable bonds is 8. The Hall–Kier alpha value is -3.40. The van der Waals surface area contributed by atoms with Gasteiger partial charge in [0.15, 0.2) is 5.13 Å². The first-order valence-corrected chi connectivity index (χ1v) is 10.6. The summed E-state index contributed by atoms with van der Waals surface area (Å²) in [5.41, 5.74) is 0.769. The van der Waals surface area contributed by atoms with E-state index >= 15 is 0 Å². The normalized spacial score (nSPS) is 11.1. The fourth-order valence-corrected chi connectivity index (χ4v) is 3.68. The van der Waals surface area contributed by atoms with Gasteiger partial charge in [-0.2, -0.15) is 13.2 Å². The number of thiazole rings is 1. The molecule has 0 saturated heterocycles. The van der Waals surface area contributed by atoms with E-state index in [1.54, 1.807) is 6.07 Å². The number of hydrogen-bond donors (Lipinski definition) is 3. The van der Waals surface area contributed by atoms with Crippen LogP contribution < -0.4 is 16.0 Å². The molecule has 0 bridgehead atoms. The molecule has 0 aliphatic rings. The molecule has 0 aliphatic heterocycles. The molecule has 0 atom stereocenters. The van der Waals surface area contributed by atoms with Crippen molar-refractivity contribution in [1.29, 1.82) is 0 Å². The van der Waals surface area contributed by atoms with Gasteiger partial charge in [-0.15, -0.1) is 11.3 Å². The Morgan fingerprint density at radius 1 is 0.969 bits per heavy atom. The highest BCUT2D eigenvalue weighted by molar-refractivity contribution is 7.15. The molecule has 0 radical (unpaired) electrons. The van der Waals surface area contributed by atoms with Crippen molar-refractivity contribution in [3.63, 3.8) is 0 Å². The summed E-state index contributed by atoms with van der Waals surface area (Å²) in [6.45, 7) is 0.529. The Kier molecular flexibility index (Phi) is 7.82. The van der Waals surface area contributed by atoms with Crippen LogP contribution in [-0.4, -0.2) is 23.5 Å². The van der Waals surface area contributed by atoms with Crippen molar-refractivity contribution >= 4 is 28.4 Å². The standard InChI is InChI=1S/C22H21F3N4O2S/c23-22(24,25)17-8-4-7-16(11-17)12-18-14-28-21(32-18)29-19(30)9-10-26-20(31)27-13-15-5-2-1-3-6-15/h1-8,11,14H,9-10,12-13H2,(H2,26,27,31)(H,28,29,30). The summed E-state index contributed by atoms with van der Waals surface area (Å²) < 4.78 is 38.5. The molecule has 1 heterocycles. The number of nitrogens with one attached hydrogen (secondary N) is 3. The first-order valence-electron chi connectivity index (χ1n) is 9.76. The maximum atomic E-state index is 12.8. The second-order valence-corrected chi connectivity index (χ2v) is 8.02. The van der Waals surface area contributed by atoms with Crippen LogP contribution in [0.15, 0.2) is 60.8 Å². The van der Waals surface area contributed by atoms with Crippen molar-refractivity contribution in [1.82, 2.24) is 15.6 Å². The van der Waals surface area contributed by atoms with Crippen molar-refractivity contribution in [2.24, 2.45) is 0 Å². The zero-order valence-electron chi connectivity index (χ0n) is 16.9. The molecule has 0 spiro atoms. The third kappa shape index (κ3) is 7.38. The van der Waals surface area contributed by atoms with Crippen LogP contribution >= 0.6 is 11.3 Å². The number of amides is 3. The molecule has 2 aromatic carbocycles. The molecular weight excluding hydrogens is 441 g/mol. The van der Waals surface area contributed by atoms with Gasteiger partial charge in [0.2, 0.25) is 5.91 Å². The van der Waals surface area contributed by atoms with Gasteiger partial charge in [-0.05, 0) is 17.2 Å². The molecule has 3 aromatic rings. The maximum Gasteiger partial charge on any atom is 0.416 e. The Morgan fingerprint density at radius 2 is 1.72 bits per heavy atom. The fraction of sp³-hybridized carbons (Fsp3) is 0.227. The lowest BCUT2D eigenvalue weighted by molar-refractivity contribution is -0.137. The Labute approximate surface area is 186 Å². The molecular formula is C22H21F3N4O2S. The first-order chi connectivity index (χ1) is 15.3. The first kappa shape index (κ1) is 23.3. The summed E-state index contributed by atoms with van der Waals surface area (Å²) in [4.78, 5) is 28.7. The van der Waals surface area contributed by atoms with E-state index in [0.717, 1.165) is 22.6 Å². The van der Waals surface area contributed by atoms with Crippen LogP contribution in [0.2, 0.25) is 0 Å². The van der Waals surface area contributed by atoms with Gasteiger partial charge < -0.3 is 16.0 Å². The minimum atomic E-state index is -4.39. The highest BCUT2D eigenvalue weighted by atomic mass is 32.1. The van der Waals surface area contributed by atoms with Crippen LogP contribution in [0, 0.1) is 0 Å². The Bertz CT molecular complexity index is 1050. The van der Waals surface area contributed by atoms with Crippen LogP contribution in [0.5, 0.6) is 0 Å². The van der Waals surface area contributed by atoms with Gasteiger partial charge in [0.25, 0.3) is 0 Å². The highest BCUT2D eigenvalue weighted by Gasteiger charge is 2.30. The minimum Gasteiger partial charge on any atom is -0.338 e. The molecule has 10 heteroatoms. The van der Waals surface area contributed by atoms with Gasteiger partial charge in [-0.3, -0.25) is 4.79 Å². The number of benzene rings is 2. The number of carbonyl (C=O) groups is 2. The largest absolute Gasteiger partial charge is 0.416 e. The zero-order chi connectivity index (χ0) is 23.0. The van der Waals surface area contributed by atoms with Gasteiger partial charge in [0.1, 0.15) is 0 Å².